The van der Waals surface area contributed by atoms with Crippen molar-refractivity contribution in [3.05, 3.63) is 59.4 Å². The minimum Gasteiger partial charge on any atom is -0.481 e. The molecule has 2 heterocycles. The number of carboxylic acids is 1. The van der Waals surface area contributed by atoms with Gasteiger partial charge in [-0.1, -0.05) is 12.1 Å². The molecule has 3 aromatic rings. The molecule has 8 nitrogen and oxygen atoms in total. The van der Waals surface area contributed by atoms with Crippen LogP contribution in [-0.2, 0) is 17.9 Å². The number of benzene rings is 2. The minimum atomic E-state index is -0.833. The topological polar surface area (TPSA) is 102 Å². The molecular weight excluding hydrogens is 382 g/mol. The highest BCUT2D eigenvalue weighted by molar-refractivity contribution is 5.94. The summed E-state index contributed by atoms with van der Waals surface area (Å²) >= 11 is 0. The van der Waals surface area contributed by atoms with Gasteiger partial charge in [0.05, 0.1) is 17.6 Å². The van der Waals surface area contributed by atoms with E-state index < -0.39 is 5.97 Å². The molecule has 1 amide bonds. The maximum atomic E-state index is 12.9. The smallest absolute Gasteiger partial charge is 0.300 e. The molecule has 0 bridgehead atoms. The number of rotatable bonds is 3. The number of anilines is 1. The highest BCUT2D eigenvalue weighted by Gasteiger charge is 2.17. The summed E-state index contributed by atoms with van der Waals surface area (Å²) < 4.78 is 0. The monoisotopic (exact) mass is 409 g/mol. The molecule has 2 aromatic carbocycles. The summed E-state index contributed by atoms with van der Waals surface area (Å²) in [7, 11) is 3.91. The molecule has 0 fully saturated rings. The number of amides is 1. The number of para-hydroxylation sites is 2. The van der Waals surface area contributed by atoms with E-state index in [1.807, 2.05) is 49.5 Å². The zero-order valence-electron chi connectivity index (χ0n) is 17.5. The van der Waals surface area contributed by atoms with E-state index in [2.05, 4.69) is 27.2 Å². The molecule has 0 saturated carbocycles. The first kappa shape index (κ1) is 21.3. The van der Waals surface area contributed by atoms with Crippen LogP contribution in [0.5, 0.6) is 0 Å². The molecule has 4 rings (SSSR count). The number of aromatic nitrogens is 2. The lowest BCUT2D eigenvalue weighted by molar-refractivity contribution is -0.134. The summed E-state index contributed by atoms with van der Waals surface area (Å²) in [5.41, 5.74) is 4.89. The van der Waals surface area contributed by atoms with E-state index >= 15 is 0 Å². The number of hydrogen-bond acceptors (Lipinski definition) is 5. The van der Waals surface area contributed by atoms with Crippen molar-refractivity contribution in [1.82, 2.24) is 19.8 Å². The fourth-order valence-corrected chi connectivity index (χ4v) is 3.38. The van der Waals surface area contributed by atoms with Crippen LogP contribution in [-0.4, -0.2) is 63.9 Å². The highest BCUT2D eigenvalue weighted by Crippen LogP contribution is 2.22. The van der Waals surface area contributed by atoms with Crippen molar-refractivity contribution in [2.75, 3.05) is 32.5 Å². The highest BCUT2D eigenvalue weighted by atomic mass is 16.4. The number of carbonyl (C=O) groups is 2. The van der Waals surface area contributed by atoms with Gasteiger partial charge < -0.3 is 25.2 Å². The molecule has 1 aliphatic rings. The van der Waals surface area contributed by atoms with E-state index in [1.54, 1.807) is 4.90 Å². The predicted molar refractivity (Wildman–Crippen MR) is 116 cm³/mol. The molecule has 30 heavy (non-hydrogen) atoms. The SMILES string of the molecule is CC(=O)O.CN1CCNc2ccc(C(=O)N(C)Cc3nc4ccccc4[nH]3)cc2C1. The molecule has 1 aliphatic heterocycles. The van der Waals surface area contributed by atoms with Crippen LogP contribution in [0.25, 0.3) is 11.0 Å². The van der Waals surface area contributed by atoms with E-state index in [-0.39, 0.29) is 5.91 Å². The third-order valence-electron chi connectivity index (χ3n) is 4.77. The lowest BCUT2D eigenvalue weighted by Crippen LogP contribution is -2.27. The molecule has 8 heteroatoms. The molecular formula is C22H27N5O3. The maximum absolute atomic E-state index is 12.9. The lowest BCUT2D eigenvalue weighted by atomic mass is 10.1. The third-order valence-corrected chi connectivity index (χ3v) is 4.77. The van der Waals surface area contributed by atoms with Crippen LogP contribution in [0.1, 0.15) is 28.7 Å². The summed E-state index contributed by atoms with van der Waals surface area (Å²) in [5.74, 6) is -0.0432. The van der Waals surface area contributed by atoms with Crippen LogP contribution >= 0.6 is 0 Å². The molecule has 158 valence electrons. The van der Waals surface area contributed by atoms with Crippen LogP contribution in [0.2, 0.25) is 0 Å². The van der Waals surface area contributed by atoms with Crippen molar-refractivity contribution in [3.63, 3.8) is 0 Å². The van der Waals surface area contributed by atoms with Crippen LogP contribution in [0.4, 0.5) is 5.69 Å². The number of imidazole rings is 1. The van der Waals surface area contributed by atoms with Gasteiger partial charge in [-0.05, 0) is 42.9 Å². The van der Waals surface area contributed by atoms with Gasteiger partial charge in [0.1, 0.15) is 5.82 Å². The quantitative estimate of drug-likeness (QED) is 0.615. The third kappa shape index (κ3) is 5.36. The van der Waals surface area contributed by atoms with Crippen molar-refractivity contribution >= 4 is 28.6 Å². The second kappa shape index (κ2) is 9.41. The minimum absolute atomic E-state index is 0.000145. The maximum Gasteiger partial charge on any atom is 0.300 e. The summed E-state index contributed by atoms with van der Waals surface area (Å²) in [6.45, 7) is 4.28. The number of aromatic amines is 1. The molecule has 0 saturated heterocycles. The molecule has 0 radical (unpaired) electrons. The van der Waals surface area contributed by atoms with Crippen LogP contribution < -0.4 is 5.32 Å². The number of nitrogens with one attached hydrogen (secondary N) is 2. The Morgan fingerprint density at radius 2 is 1.97 bits per heavy atom. The first-order valence-corrected chi connectivity index (χ1v) is 9.77. The van der Waals surface area contributed by atoms with Gasteiger partial charge in [0.15, 0.2) is 0 Å². The number of carboxylic acid groups (broad SMARTS) is 1. The molecule has 0 atom stereocenters. The number of H-pyrrole nitrogens is 1. The Labute approximate surface area is 175 Å². The summed E-state index contributed by atoms with van der Waals surface area (Å²) in [4.78, 5) is 33.7. The molecule has 3 N–H and O–H groups in total. The van der Waals surface area contributed by atoms with Gasteiger partial charge in [-0.25, -0.2) is 4.98 Å². The normalized spacial score (nSPS) is 13.4. The second-order valence-corrected chi connectivity index (χ2v) is 7.42. The van der Waals surface area contributed by atoms with Gasteiger partial charge in [-0.3, -0.25) is 9.59 Å². The fourth-order valence-electron chi connectivity index (χ4n) is 3.38. The summed E-state index contributed by atoms with van der Waals surface area (Å²) in [6.07, 6.45) is 0. The Morgan fingerprint density at radius 1 is 1.23 bits per heavy atom. The first-order valence-electron chi connectivity index (χ1n) is 9.77. The average molecular weight is 409 g/mol. The van der Waals surface area contributed by atoms with E-state index in [0.717, 1.165) is 54.7 Å². The van der Waals surface area contributed by atoms with Gasteiger partial charge in [0.2, 0.25) is 0 Å². The van der Waals surface area contributed by atoms with E-state index in [9.17, 15) is 4.79 Å². The van der Waals surface area contributed by atoms with Crippen molar-refractivity contribution < 1.29 is 14.7 Å². The molecule has 1 aromatic heterocycles. The Balaban J connectivity index is 0.000000589. The van der Waals surface area contributed by atoms with E-state index in [0.29, 0.717) is 12.1 Å². The van der Waals surface area contributed by atoms with Crippen molar-refractivity contribution in [2.24, 2.45) is 0 Å². The molecule has 0 aliphatic carbocycles. The molecule has 0 spiro atoms. The Bertz CT molecular complexity index is 1010. The summed E-state index contributed by atoms with van der Waals surface area (Å²) in [6, 6.07) is 13.8. The predicted octanol–water partition coefficient (Wildman–Crippen LogP) is 2.78. The number of carbonyl (C=O) groups excluding carboxylic acids is 1. The Morgan fingerprint density at radius 3 is 2.70 bits per heavy atom. The van der Waals surface area contributed by atoms with Gasteiger partial charge in [0.25, 0.3) is 11.9 Å². The van der Waals surface area contributed by atoms with E-state index in [1.165, 1.54) is 0 Å². The average Bonchev–Trinajstić information content (AvgIpc) is 3.00. The molecule has 0 unspecified atom stereocenters. The largest absolute Gasteiger partial charge is 0.481 e. The zero-order valence-corrected chi connectivity index (χ0v) is 17.5. The van der Waals surface area contributed by atoms with Gasteiger partial charge in [-0.2, -0.15) is 0 Å². The first-order chi connectivity index (χ1) is 14.3. The lowest BCUT2D eigenvalue weighted by Gasteiger charge is -2.18. The Kier molecular flexibility index (Phi) is 6.68. The Hall–Kier alpha value is -3.39. The zero-order chi connectivity index (χ0) is 21.7. The van der Waals surface area contributed by atoms with Crippen LogP contribution in [0.15, 0.2) is 42.5 Å². The number of hydrogen-bond donors (Lipinski definition) is 3. The second-order valence-electron chi connectivity index (χ2n) is 7.42. The van der Waals surface area contributed by atoms with Crippen molar-refractivity contribution in [1.29, 1.82) is 0 Å². The van der Waals surface area contributed by atoms with Crippen LogP contribution in [0.3, 0.4) is 0 Å². The number of aliphatic carboxylic acids is 1. The standard InChI is InChI=1S/C20H23N5O.C2H4O2/c1-24-10-9-21-16-8-7-14(11-15(16)12-24)20(26)25(2)13-19-22-17-5-3-4-6-18(17)23-19;1-2(3)4/h3-8,11,21H,9-10,12-13H2,1-2H3,(H,22,23);1H3,(H,3,4). The van der Waals surface area contributed by atoms with Crippen LogP contribution in [0, 0.1) is 0 Å². The van der Waals surface area contributed by atoms with Gasteiger partial charge >= 0.3 is 0 Å². The van der Waals surface area contributed by atoms with Crippen molar-refractivity contribution in [2.45, 2.75) is 20.0 Å². The number of fused-ring (bicyclic) bond motifs is 2. The summed E-state index contributed by atoms with van der Waals surface area (Å²) in [5, 5.41) is 10.8. The number of likely N-dealkylation sites (N-methyl/N-ethyl adjacent to an activating group) is 1. The van der Waals surface area contributed by atoms with Gasteiger partial charge in [-0.15, -0.1) is 0 Å². The van der Waals surface area contributed by atoms with Crippen molar-refractivity contribution in [3.8, 4) is 0 Å². The fraction of sp³-hybridized carbons (Fsp3) is 0.318. The number of nitrogens with zero attached hydrogens (tertiary/aromatic N) is 3. The van der Waals surface area contributed by atoms with Gasteiger partial charge in [0, 0.05) is 44.9 Å². The van der Waals surface area contributed by atoms with E-state index in [4.69, 9.17) is 9.90 Å².